The predicted octanol–water partition coefficient (Wildman–Crippen LogP) is 2.87. The number of nitrogens with one attached hydrogen (secondary N) is 2. The first-order valence-corrected chi connectivity index (χ1v) is 12.4. The molecular weight excluding hydrogens is 438 g/mol. The number of anilines is 1. The molecule has 0 radical (unpaired) electrons. The van der Waals surface area contributed by atoms with E-state index >= 15 is 0 Å². The Hall–Kier alpha value is -3.35. The van der Waals surface area contributed by atoms with Gasteiger partial charge in [0, 0.05) is 29.3 Å². The molecule has 0 saturated heterocycles. The topological polar surface area (TPSA) is 119 Å². The molecule has 1 amide bonds. The van der Waals surface area contributed by atoms with Crippen LogP contribution >= 0.6 is 0 Å². The Morgan fingerprint density at radius 1 is 1.15 bits per heavy atom. The quantitative estimate of drug-likeness (QED) is 0.482. The van der Waals surface area contributed by atoms with E-state index < -0.39 is 15.9 Å². The van der Waals surface area contributed by atoms with Gasteiger partial charge in [0.15, 0.2) is 0 Å². The molecule has 0 spiro atoms. The van der Waals surface area contributed by atoms with Crippen LogP contribution in [0.15, 0.2) is 48.8 Å². The van der Waals surface area contributed by atoms with Crippen molar-refractivity contribution in [1.82, 2.24) is 14.3 Å². The van der Waals surface area contributed by atoms with Gasteiger partial charge < -0.3 is 11.1 Å². The molecular formula is C24H29N5O3S. The van der Waals surface area contributed by atoms with E-state index in [1.54, 1.807) is 4.52 Å². The second kappa shape index (κ2) is 9.25. The van der Waals surface area contributed by atoms with Crippen LogP contribution in [-0.2, 0) is 10.0 Å². The fraction of sp³-hybridized carbons (Fsp3) is 0.333. The first kappa shape index (κ1) is 24.3. The van der Waals surface area contributed by atoms with Crippen LogP contribution in [0.4, 0.5) is 5.69 Å². The summed E-state index contributed by atoms with van der Waals surface area (Å²) in [5.74, 6) is -0.568. The van der Waals surface area contributed by atoms with E-state index in [1.165, 1.54) is 12.5 Å². The minimum atomic E-state index is -3.32. The number of terminal acetylenes is 1. The zero-order valence-electron chi connectivity index (χ0n) is 18.9. The van der Waals surface area contributed by atoms with Gasteiger partial charge in [0.05, 0.1) is 29.2 Å². The molecule has 8 nitrogen and oxygen atoms in total. The number of rotatable bonds is 6. The zero-order valence-corrected chi connectivity index (χ0v) is 19.8. The van der Waals surface area contributed by atoms with Gasteiger partial charge in [-0.3, -0.25) is 4.79 Å². The Bertz CT molecular complexity index is 1280. The van der Waals surface area contributed by atoms with Crippen molar-refractivity contribution in [3.63, 3.8) is 0 Å². The average Bonchev–Trinajstić information content (AvgIpc) is 3.31. The van der Waals surface area contributed by atoms with Crippen LogP contribution in [0.2, 0.25) is 0 Å². The summed E-state index contributed by atoms with van der Waals surface area (Å²) in [6, 6.07) is 11.6. The SMILES string of the molecule is C#C.CC1(C)[C@@H](NS(C)(=O)=O)CC[C@H]1Nc1c(C(N)=O)cnn2cc(-c3ccccc3)cc12. The smallest absolute Gasteiger partial charge is 0.252 e. The van der Waals surface area contributed by atoms with Gasteiger partial charge in [0.2, 0.25) is 10.0 Å². The summed E-state index contributed by atoms with van der Waals surface area (Å²) in [6.07, 6.45) is 14.0. The molecule has 1 saturated carbocycles. The molecule has 9 heteroatoms. The maximum atomic E-state index is 12.2. The fourth-order valence-corrected chi connectivity index (χ4v) is 5.34. The summed E-state index contributed by atoms with van der Waals surface area (Å²) in [5, 5.41) is 7.88. The first-order valence-electron chi connectivity index (χ1n) is 10.5. The highest BCUT2D eigenvalue weighted by atomic mass is 32.2. The number of carbonyl (C=O) groups excluding carboxylic acids is 1. The van der Waals surface area contributed by atoms with Crippen LogP contribution < -0.4 is 15.8 Å². The van der Waals surface area contributed by atoms with Crippen LogP contribution in [0.1, 0.15) is 37.0 Å². The van der Waals surface area contributed by atoms with E-state index in [0.717, 1.165) is 23.1 Å². The molecule has 174 valence electrons. The number of hydrogen-bond donors (Lipinski definition) is 3. The van der Waals surface area contributed by atoms with E-state index in [4.69, 9.17) is 5.73 Å². The Kier molecular flexibility index (Phi) is 6.81. The van der Waals surface area contributed by atoms with E-state index in [2.05, 4.69) is 28.0 Å². The molecule has 2 heterocycles. The Balaban J connectivity index is 0.00000149. The number of aromatic nitrogens is 2. The molecule has 1 aromatic carbocycles. The van der Waals surface area contributed by atoms with Crippen LogP contribution in [-0.4, -0.2) is 42.3 Å². The highest BCUT2D eigenvalue weighted by Crippen LogP contribution is 2.41. The number of fused-ring (bicyclic) bond motifs is 1. The monoisotopic (exact) mass is 467 g/mol. The molecule has 0 bridgehead atoms. The summed E-state index contributed by atoms with van der Waals surface area (Å²) in [7, 11) is -3.32. The van der Waals surface area contributed by atoms with E-state index in [-0.39, 0.29) is 17.5 Å². The first-order chi connectivity index (χ1) is 15.6. The zero-order chi connectivity index (χ0) is 24.4. The lowest BCUT2D eigenvalue weighted by atomic mass is 9.84. The molecule has 2 aromatic heterocycles. The standard InChI is InChI=1S/C22H27N5O3S.C2H2/c1-22(2)18(9-10-19(22)26-31(3,29)30)25-20-16(21(23)28)12-24-27-13-15(11-17(20)27)14-7-5-4-6-8-14;1-2/h4-8,11-13,18-19,25-26H,9-10H2,1-3H3,(H2,23,28);1-2H/t18-,19+;/m1./s1. The Morgan fingerprint density at radius 3 is 2.39 bits per heavy atom. The van der Waals surface area contributed by atoms with Gasteiger partial charge in [-0.05, 0) is 24.5 Å². The second-order valence-electron chi connectivity index (χ2n) is 8.76. The number of amides is 1. The predicted molar refractivity (Wildman–Crippen MR) is 131 cm³/mol. The van der Waals surface area contributed by atoms with Crippen molar-refractivity contribution in [1.29, 1.82) is 0 Å². The van der Waals surface area contributed by atoms with Crippen LogP contribution in [0.25, 0.3) is 16.6 Å². The van der Waals surface area contributed by atoms with Crippen molar-refractivity contribution in [2.45, 2.75) is 38.8 Å². The third kappa shape index (κ3) is 5.02. The number of carbonyl (C=O) groups is 1. The van der Waals surface area contributed by atoms with E-state index in [1.807, 2.05) is 56.4 Å². The maximum absolute atomic E-state index is 12.2. The number of primary amides is 1. The second-order valence-corrected chi connectivity index (χ2v) is 10.5. The lowest BCUT2D eigenvalue weighted by Gasteiger charge is -2.34. The third-order valence-corrected chi connectivity index (χ3v) is 6.94. The summed E-state index contributed by atoms with van der Waals surface area (Å²) in [6.45, 7) is 4.05. The average molecular weight is 468 g/mol. The van der Waals surface area contributed by atoms with Gasteiger partial charge in [0.1, 0.15) is 0 Å². The van der Waals surface area contributed by atoms with Gasteiger partial charge in [-0.15, -0.1) is 12.8 Å². The summed E-state index contributed by atoms with van der Waals surface area (Å²) >= 11 is 0. The number of hydrogen-bond acceptors (Lipinski definition) is 5. The molecule has 1 fully saturated rings. The molecule has 0 unspecified atom stereocenters. The van der Waals surface area contributed by atoms with Crippen molar-refractivity contribution in [3.05, 3.63) is 54.4 Å². The summed E-state index contributed by atoms with van der Waals surface area (Å²) in [5.41, 5.74) is 8.95. The lowest BCUT2D eigenvalue weighted by molar-refractivity contribution is 0.100. The van der Waals surface area contributed by atoms with Crippen molar-refractivity contribution in [2.75, 3.05) is 11.6 Å². The largest absolute Gasteiger partial charge is 0.379 e. The number of sulfonamides is 1. The van der Waals surface area contributed by atoms with Gasteiger partial charge in [-0.2, -0.15) is 5.10 Å². The minimum Gasteiger partial charge on any atom is -0.379 e. The molecule has 4 rings (SSSR count). The fourth-order valence-electron chi connectivity index (χ4n) is 4.41. The lowest BCUT2D eigenvalue weighted by Crippen LogP contribution is -2.46. The highest BCUT2D eigenvalue weighted by molar-refractivity contribution is 7.88. The number of nitrogens with two attached hydrogens (primary N) is 1. The number of nitrogens with zero attached hydrogens (tertiary/aromatic N) is 2. The van der Waals surface area contributed by atoms with Crippen LogP contribution in [0.3, 0.4) is 0 Å². The molecule has 3 aromatic rings. The molecule has 2 atom stereocenters. The minimum absolute atomic E-state index is 0.0638. The highest BCUT2D eigenvalue weighted by Gasteiger charge is 2.44. The molecule has 33 heavy (non-hydrogen) atoms. The van der Waals surface area contributed by atoms with Crippen LogP contribution in [0.5, 0.6) is 0 Å². The normalized spacial score (nSPS) is 19.5. The number of benzene rings is 1. The van der Waals surface area contributed by atoms with Crippen molar-refractivity contribution >= 4 is 27.1 Å². The third-order valence-electron chi connectivity index (χ3n) is 6.22. The molecule has 0 aliphatic heterocycles. The van der Waals surface area contributed by atoms with Gasteiger partial charge >= 0.3 is 0 Å². The van der Waals surface area contributed by atoms with Gasteiger partial charge in [-0.25, -0.2) is 17.7 Å². The summed E-state index contributed by atoms with van der Waals surface area (Å²) < 4.78 is 28.1. The maximum Gasteiger partial charge on any atom is 0.252 e. The molecule has 1 aliphatic rings. The van der Waals surface area contributed by atoms with Gasteiger partial charge in [0.25, 0.3) is 5.91 Å². The Morgan fingerprint density at radius 2 is 1.79 bits per heavy atom. The van der Waals surface area contributed by atoms with Crippen LogP contribution in [0, 0.1) is 18.3 Å². The van der Waals surface area contributed by atoms with Crippen molar-refractivity contribution in [2.24, 2.45) is 11.1 Å². The van der Waals surface area contributed by atoms with E-state index in [0.29, 0.717) is 17.7 Å². The van der Waals surface area contributed by atoms with Gasteiger partial charge in [-0.1, -0.05) is 44.2 Å². The molecule has 4 N–H and O–H groups in total. The molecule has 1 aliphatic carbocycles. The summed E-state index contributed by atoms with van der Waals surface area (Å²) in [4.78, 5) is 12.2. The van der Waals surface area contributed by atoms with Crippen molar-refractivity contribution in [3.8, 4) is 24.0 Å². The van der Waals surface area contributed by atoms with Crippen molar-refractivity contribution < 1.29 is 13.2 Å². The van der Waals surface area contributed by atoms with E-state index in [9.17, 15) is 13.2 Å². The Labute approximate surface area is 194 Å².